The van der Waals surface area contributed by atoms with Crippen LogP contribution in [0.3, 0.4) is 0 Å². The Morgan fingerprint density at radius 2 is 2.00 bits per heavy atom. The van der Waals surface area contributed by atoms with Gasteiger partial charge in [0.05, 0.1) is 6.54 Å². The van der Waals surface area contributed by atoms with Gasteiger partial charge in [0.15, 0.2) is 0 Å². The van der Waals surface area contributed by atoms with Gasteiger partial charge in [-0.05, 0) is 0 Å². The van der Waals surface area contributed by atoms with Crippen LogP contribution in [0.4, 0.5) is 0 Å². The average Bonchev–Trinajstić information content (AvgIpc) is 1.91. The SMILES string of the molecule is NCC(=O)O.[CH2-]CCCC.[K+]. The average molecular weight is 185 g/mol. The first kappa shape index (κ1) is 18.0. The second-order valence-corrected chi connectivity index (χ2v) is 1.80. The Kier molecular flexibility index (Phi) is 28.2. The maximum atomic E-state index is 9.24. The molecule has 0 bridgehead atoms. The molecule has 0 heterocycles. The number of aliphatic carboxylic acids is 1. The van der Waals surface area contributed by atoms with E-state index in [0.29, 0.717) is 0 Å². The summed E-state index contributed by atoms with van der Waals surface area (Å²) in [5, 5.41) is 7.60. The maximum absolute atomic E-state index is 9.24. The summed E-state index contributed by atoms with van der Waals surface area (Å²) >= 11 is 0. The third kappa shape index (κ3) is 35.4. The van der Waals surface area contributed by atoms with Crippen molar-refractivity contribution in [3.05, 3.63) is 6.92 Å². The standard InChI is InChI=1S/C5H11.C2H5NO2.K/c1-3-5-4-2;3-1-2(4)5;/h1,3-5H2,2H3;1,3H2,(H,4,5);/q-1;;+1. The number of nitrogens with two attached hydrogens (primary N) is 1. The van der Waals surface area contributed by atoms with Gasteiger partial charge in [-0.25, -0.2) is 0 Å². The number of hydrogen-bond acceptors (Lipinski definition) is 2. The Morgan fingerprint density at radius 1 is 1.64 bits per heavy atom. The van der Waals surface area contributed by atoms with Gasteiger partial charge in [0.2, 0.25) is 0 Å². The fourth-order valence-electron chi connectivity index (χ4n) is 0.250. The zero-order chi connectivity index (χ0) is 8.41. The number of carboxylic acids is 1. The van der Waals surface area contributed by atoms with Crippen molar-refractivity contribution in [3.8, 4) is 0 Å². The van der Waals surface area contributed by atoms with Gasteiger partial charge < -0.3 is 17.8 Å². The molecule has 0 amide bonds. The van der Waals surface area contributed by atoms with Crippen molar-refractivity contribution in [1.29, 1.82) is 0 Å². The molecule has 3 N–H and O–H groups in total. The molecule has 3 nitrogen and oxygen atoms in total. The van der Waals surface area contributed by atoms with Crippen LogP contribution in [-0.2, 0) is 4.79 Å². The van der Waals surface area contributed by atoms with Crippen LogP contribution < -0.4 is 57.1 Å². The first-order valence-corrected chi connectivity index (χ1v) is 3.40. The molecule has 0 aliphatic heterocycles. The van der Waals surface area contributed by atoms with Crippen LogP contribution in [0.25, 0.3) is 0 Å². The molecule has 0 fully saturated rings. The maximum Gasteiger partial charge on any atom is 1.00 e. The summed E-state index contributed by atoms with van der Waals surface area (Å²) in [5.41, 5.74) is 4.57. The molecule has 0 aromatic heterocycles. The van der Waals surface area contributed by atoms with E-state index >= 15 is 0 Å². The predicted molar refractivity (Wildman–Crippen MR) is 41.6 cm³/mol. The molecule has 0 aromatic rings. The molecule has 0 spiro atoms. The molecule has 0 aliphatic carbocycles. The largest absolute Gasteiger partial charge is 1.00 e. The minimum Gasteiger partial charge on any atom is -0.480 e. The molecule has 0 rings (SSSR count). The Morgan fingerprint density at radius 3 is 2.00 bits per heavy atom. The Hall–Kier alpha value is 1.07. The van der Waals surface area contributed by atoms with Crippen molar-refractivity contribution >= 4 is 5.97 Å². The number of carboxylic acid groups (broad SMARTS) is 1. The monoisotopic (exact) mass is 185 g/mol. The molecule has 0 unspecified atom stereocenters. The van der Waals surface area contributed by atoms with E-state index in [9.17, 15) is 4.79 Å². The summed E-state index contributed by atoms with van der Waals surface area (Å²) in [5.74, 6) is -0.968. The van der Waals surface area contributed by atoms with Crippen LogP contribution in [0.15, 0.2) is 0 Å². The molecule has 0 saturated heterocycles. The Balaban J connectivity index is -0.000000107. The summed E-state index contributed by atoms with van der Waals surface area (Å²) in [6, 6.07) is 0. The van der Waals surface area contributed by atoms with Gasteiger partial charge in [0.1, 0.15) is 0 Å². The molecule has 0 atom stereocenters. The van der Waals surface area contributed by atoms with Gasteiger partial charge in [-0.2, -0.15) is 6.42 Å². The first-order chi connectivity index (χ1) is 4.68. The van der Waals surface area contributed by atoms with Crippen LogP contribution in [0.2, 0.25) is 0 Å². The van der Waals surface area contributed by atoms with Crippen LogP contribution in [0.1, 0.15) is 26.2 Å². The van der Waals surface area contributed by atoms with Gasteiger partial charge in [0.25, 0.3) is 0 Å². The van der Waals surface area contributed by atoms with Crippen molar-refractivity contribution in [1.82, 2.24) is 0 Å². The van der Waals surface area contributed by atoms with E-state index in [1.165, 1.54) is 12.8 Å². The van der Waals surface area contributed by atoms with Crippen LogP contribution in [-0.4, -0.2) is 17.6 Å². The number of unbranched alkanes of at least 4 members (excludes halogenated alkanes) is 2. The molecule has 0 aromatic carbocycles. The van der Waals surface area contributed by atoms with E-state index in [0.717, 1.165) is 6.42 Å². The molecule has 62 valence electrons. The van der Waals surface area contributed by atoms with Crippen molar-refractivity contribution in [2.24, 2.45) is 5.73 Å². The molecule has 4 heteroatoms. The van der Waals surface area contributed by atoms with Crippen molar-refractivity contribution in [3.63, 3.8) is 0 Å². The van der Waals surface area contributed by atoms with Crippen LogP contribution >= 0.6 is 0 Å². The number of rotatable bonds is 3. The van der Waals surface area contributed by atoms with Gasteiger partial charge >= 0.3 is 57.4 Å². The van der Waals surface area contributed by atoms with Gasteiger partial charge in [-0.3, -0.25) is 4.79 Å². The Labute approximate surface area is 111 Å². The molecular weight excluding hydrogens is 169 g/mol. The zero-order valence-electron chi connectivity index (χ0n) is 7.47. The minimum absolute atomic E-state index is 0. The Bertz CT molecular complexity index is 76.8. The van der Waals surface area contributed by atoms with Crippen molar-refractivity contribution in [2.45, 2.75) is 26.2 Å². The van der Waals surface area contributed by atoms with Gasteiger partial charge in [-0.15, -0.1) is 0 Å². The fourth-order valence-corrected chi connectivity index (χ4v) is 0.250. The van der Waals surface area contributed by atoms with E-state index < -0.39 is 5.97 Å². The summed E-state index contributed by atoms with van der Waals surface area (Å²) in [7, 11) is 0. The molecule has 0 saturated carbocycles. The van der Waals surface area contributed by atoms with E-state index in [2.05, 4.69) is 19.6 Å². The quantitative estimate of drug-likeness (QED) is 0.396. The summed E-state index contributed by atoms with van der Waals surface area (Å²) in [4.78, 5) is 9.24. The summed E-state index contributed by atoms with van der Waals surface area (Å²) in [6.07, 6.45) is 3.65. The molecule has 11 heavy (non-hydrogen) atoms. The minimum atomic E-state index is -0.968. The van der Waals surface area contributed by atoms with Crippen LogP contribution in [0, 0.1) is 6.92 Å². The van der Waals surface area contributed by atoms with E-state index in [4.69, 9.17) is 5.11 Å². The molecular formula is C7H16KNO2. The first-order valence-electron chi connectivity index (χ1n) is 3.40. The van der Waals surface area contributed by atoms with Gasteiger partial charge in [0, 0.05) is 0 Å². The number of carbonyl (C=O) groups is 1. The third-order valence-corrected chi connectivity index (χ3v) is 0.778. The predicted octanol–water partition coefficient (Wildman–Crippen LogP) is -1.96. The normalized spacial score (nSPS) is 7.18. The second kappa shape index (κ2) is 17.2. The second-order valence-electron chi connectivity index (χ2n) is 1.80. The van der Waals surface area contributed by atoms with E-state index in [1.807, 2.05) is 0 Å². The molecule has 0 radical (unpaired) electrons. The number of hydrogen-bond donors (Lipinski definition) is 2. The van der Waals surface area contributed by atoms with E-state index in [-0.39, 0.29) is 57.9 Å². The summed E-state index contributed by atoms with van der Waals surface area (Å²) < 4.78 is 0. The smallest absolute Gasteiger partial charge is 0.480 e. The topological polar surface area (TPSA) is 63.3 Å². The van der Waals surface area contributed by atoms with Crippen LogP contribution in [0.5, 0.6) is 0 Å². The fraction of sp³-hybridized carbons (Fsp3) is 0.714. The van der Waals surface area contributed by atoms with Crippen molar-refractivity contribution < 1.29 is 61.3 Å². The van der Waals surface area contributed by atoms with Gasteiger partial charge in [-0.1, -0.05) is 19.8 Å². The summed E-state index contributed by atoms with van der Waals surface area (Å²) in [6.45, 7) is 5.57. The molecule has 0 aliphatic rings. The zero-order valence-corrected chi connectivity index (χ0v) is 10.6. The van der Waals surface area contributed by atoms with E-state index in [1.54, 1.807) is 0 Å². The van der Waals surface area contributed by atoms with Crippen molar-refractivity contribution in [2.75, 3.05) is 6.54 Å². The third-order valence-electron chi connectivity index (χ3n) is 0.778.